The van der Waals surface area contributed by atoms with E-state index in [-0.39, 0.29) is 0 Å². The summed E-state index contributed by atoms with van der Waals surface area (Å²) >= 11 is 11.5. The maximum Gasteiger partial charge on any atom is 0.0485 e. The van der Waals surface area contributed by atoms with Crippen molar-refractivity contribution in [2.75, 3.05) is 0 Å². The monoisotopic (exact) mass is 344 g/mol. The molecule has 0 spiro atoms. The van der Waals surface area contributed by atoms with E-state index >= 15 is 0 Å². The number of benzene rings is 1. The Morgan fingerprint density at radius 2 is 2.18 bits per heavy atom. The minimum atomic E-state index is 0.566. The Morgan fingerprint density at radius 1 is 1.55 bits per heavy atom. The molecule has 0 bridgehead atoms. The molecule has 0 aliphatic rings. The average molecular weight is 345 g/mol. The number of hydrogen-bond acceptors (Lipinski definition) is 0. The lowest BCUT2D eigenvalue weighted by Gasteiger charge is -2.03. The third-order valence-electron chi connectivity index (χ3n) is 1.47. The van der Waals surface area contributed by atoms with E-state index in [1.165, 1.54) is 9.13 Å². The van der Waals surface area contributed by atoms with Gasteiger partial charge in [0.2, 0.25) is 0 Å². The van der Waals surface area contributed by atoms with Gasteiger partial charge in [-0.1, -0.05) is 15.9 Å². The molecule has 60 valence electrons. The summed E-state index contributed by atoms with van der Waals surface area (Å²) in [6, 6.07) is 4.20. The van der Waals surface area contributed by atoms with Crippen LogP contribution in [0, 0.1) is 10.5 Å². The molecule has 1 rings (SSSR count). The molecule has 0 atom stereocenters. The molecule has 0 fully saturated rings. The van der Waals surface area contributed by atoms with Crippen molar-refractivity contribution in [2.45, 2.75) is 12.8 Å². The zero-order chi connectivity index (χ0) is 8.43. The van der Waals surface area contributed by atoms with Crippen LogP contribution in [0.1, 0.15) is 11.1 Å². The van der Waals surface area contributed by atoms with Crippen LogP contribution in [0.3, 0.4) is 0 Å². The van der Waals surface area contributed by atoms with Crippen molar-refractivity contribution in [1.82, 2.24) is 0 Å². The summed E-state index contributed by atoms with van der Waals surface area (Å²) < 4.78 is 2.37. The molecule has 0 aliphatic heterocycles. The van der Waals surface area contributed by atoms with Crippen molar-refractivity contribution >= 4 is 50.1 Å². The molecule has 0 N–H and O–H groups in total. The third kappa shape index (κ3) is 2.33. The maximum absolute atomic E-state index is 5.72. The van der Waals surface area contributed by atoms with Gasteiger partial charge in [0, 0.05) is 13.9 Å². The van der Waals surface area contributed by atoms with Gasteiger partial charge >= 0.3 is 0 Å². The van der Waals surface area contributed by atoms with Crippen LogP contribution < -0.4 is 0 Å². The van der Waals surface area contributed by atoms with Crippen LogP contribution in [0.25, 0.3) is 0 Å². The van der Waals surface area contributed by atoms with Gasteiger partial charge < -0.3 is 0 Å². The lowest BCUT2D eigenvalue weighted by Crippen LogP contribution is -1.86. The van der Waals surface area contributed by atoms with E-state index in [4.69, 9.17) is 11.6 Å². The Morgan fingerprint density at radius 3 is 2.73 bits per heavy atom. The molecule has 11 heavy (non-hydrogen) atoms. The zero-order valence-corrected chi connectivity index (χ0v) is 10.5. The first kappa shape index (κ1) is 9.81. The highest BCUT2D eigenvalue weighted by molar-refractivity contribution is 14.1. The standard InChI is InChI=1S/C8H7BrClI/c1-5-2-7(9)6(4-10)3-8(5)11/h2-3H,4H2,1H3. The van der Waals surface area contributed by atoms with Crippen LogP contribution in [-0.4, -0.2) is 0 Å². The van der Waals surface area contributed by atoms with Gasteiger partial charge in [-0.05, 0) is 52.8 Å². The van der Waals surface area contributed by atoms with Gasteiger partial charge in [-0.2, -0.15) is 0 Å². The lowest BCUT2D eigenvalue weighted by atomic mass is 10.2. The molecule has 0 aromatic heterocycles. The maximum atomic E-state index is 5.72. The van der Waals surface area contributed by atoms with Crippen molar-refractivity contribution in [1.29, 1.82) is 0 Å². The molecule has 0 radical (unpaired) electrons. The molecule has 0 saturated heterocycles. The number of rotatable bonds is 1. The Hall–Kier alpha value is 0.720. The third-order valence-corrected chi connectivity index (χ3v) is 3.66. The highest BCUT2D eigenvalue weighted by atomic mass is 127. The molecule has 1 aromatic rings. The van der Waals surface area contributed by atoms with E-state index in [9.17, 15) is 0 Å². The SMILES string of the molecule is Cc1cc(Br)c(CCl)cc1I. The average Bonchev–Trinajstić information content (AvgIpc) is 1.97. The minimum absolute atomic E-state index is 0.566. The molecular weight excluding hydrogens is 338 g/mol. The van der Waals surface area contributed by atoms with Crippen LogP contribution in [0.5, 0.6) is 0 Å². The van der Waals surface area contributed by atoms with Crippen molar-refractivity contribution in [2.24, 2.45) is 0 Å². The fourth-order valence-electron chi connectivity index (χ4n) is 0.790. The van der Waals surface area contributed by atoms with Crippen LogP contribution in [0.4, 0.5) is 0 Å². The smallest absolute Gasteiger partial charge is 0.0485 e. The van der Waals surface area contributed by atoms with Crippen LogP contribution in [-0.2, 0) is 5.88 Å². The van der Waals surface area contributed by atoms with Gasteiger partial charge in [0.25, 0.3) is 0 Å². The van der Waals surface area contributed by atoms with Crippen LogP contribution in [0.15, 0.2) is 16.6 Å². The lowest BCUT2D eigenvalue weighted by molar-refractivity contribution is 1.30. The first-order valence-electron chi connectivity index (χ1n) is 3.15. The topological polar surface area (TPSA) is 0 Å². The fourth-order valence-corrected chi connectivity index (χ4v) is 2.30. The van der Waals surface area contributed by atoms with Crippen LogP contribution in [0.2, 0.25) is 0 Å². The summed E-state index contributed by atoms with van der Waals surface area (Å²) in [7, 11) is 0. The number of halogens is 3. The zero-order valence-electron chi connectivity index (χ0n) is 6.00. The van der Waals surface area contributed by atoms with Gasteiger partial charge in [-0.3, -0.25) is 0 Å². The summed E-state index contributed by atoms with van der Waals surface area (Å²) in [6.45, 7) is 2.09. The molecule has 0 aliphatic carbocycles. The van der Waals surface area contributed by atoms with Gasteiger partial charge in [0.05, 0.1) is 0 Å². The number of aryl methyl sites for hydroxylation is 1. The second kappa shape index (κ2) is 4.10. The number of alkyl halides is 1. The normalized spacial score (nSPS) is 10.2. The first-order valence-corrected chi connectivity index (χ1v) is 5.56. The predicted molar refractivity (Wildman–Crippen MR) is 61.2 cm³/mol. The van der Waals surface area contributed by atoms with E-state index < -0.39 is 0 Å². The van der Waals surface area contributed by atoms with Gasteiger partial charge in [0.15, 0.2) is 0 Å². The predicted octanol–water partition coefficient (Wildman–Crippen LogP) is 4.10. The summed E-state index contributed by atoms with van der Waals surface area (Å²) in [5.74, 6) is 0.566. The molecule has 1 aromatic carbocycles. The Balaban J connectivity index is 3.21. The molecule has 0 nitrogen and oxygen atoms in total. The minimum Gasteiger partial charge on any atom is -0.122 e. The van der Waals surface area contributed by atoms with E-state index in [2.05, 4.69) is 57.6 Å². The Bertz CT molecular complexity index is 273. The van der Waals surface area contributed by atoms with Gasteiger partial charge in [-0.15, -0.1) is 11.6 Å². The van der Waals surface area contributed by atoms with Crippen molar-refractivity contribution in [3.8, 4) is 0 Å². The largest absolute Gasteiger partial charge is 0.122 e. The summed E-state index contributed by atoms with van der Waals surface area (Å²) in [5.41, 5.74) is 2.44. The van der Waals surface area contributed by atoms with E-state index in [0.29, 0.717) is 5.88 Å². The molecule has 0 amide bonds. The second-order valence-corrected chi connectivity index (χ2v) is 4.61. The van der Waals surface area contributed by atoms with E-state index in [1.54, 1.807) is 0 Å². The molecule has 3 heteroatoms. The summed E-state index contributed by atoms with van der Waals surface area (Å²) in [5, 5.41) is 0. The Labute approximate surface area is 93.6 Å². The Kier molecular flexibility index (Phi) is 3.65. The van der Waals surface area contributed by atoms with E-state index in [0.717, 1.165) is 10.0 Å². The van der Waals surface area contributed by atoms with Crippen molar-refractivity contribution < 1.29 is 0 Å². The quantitative estimate of drug-likeness (QED) is 0.531. The molecule has 0 unspecified atom stereocenters. The number of hydrogen-bond donors (Lipinski definition) is 0. The highest BCUT2D eigenvalue weighted by Crippen LogP contribution is 2.24. The fraction of sp³-hybridized carbons (Fsp3) is 0.250. The van der Waals surface area contributed by atoms with Gasteiger partial charge in [0.1, 0.15) is 0 Å². The molecule has 0 heterocycles. The van der Waals surface area contributed by atoms with Crippen LogP contribution >= 0.6 is 50.1 Å². The first-order chi connectivity index (χ1) is 5.15. The molecular formula is C8H7BrClI. The second-order valence-electron chi connectivity index (χ2n) is 2.33. The summed E-state index contributed by atoms with van der Waals surface area (Å²) in [6.07, 6.45) is 0. The van der Waals surface area contributed by atoms with E-state index in [1.807, 2.05) is 0 Å². The van der Waals surface area contributed by atoms with Gasteiger partial charge in [-0.25, -0.2) is 0 Å². The molecule has 0 saturated carbocycles. The van der Waals surface area contributed by atoms with Crippen molar-refractivity contribution in [3.63, 3.8) is 0 Å². The van der Waals surface area contributed by atoms with Crippen molar-refractivity contribution in [3.05, 3.63) is 31.3 Å². The highest BCUT2D eigenvalue weighted by Gasteiger charge is 2.01. The summed E-state index contributed by atoms with van der Waals surface area (Å²) in [4.78, 5) is 0.